The van der Waals surface area contributed by atoms with E-state index in [-0.39, 0.29) is 23.7 Å². The fraction of sp³-hybridized carbons (Fsp3) is 0.200. The molecule has 7 nitrogen and oxygen atoms in total. The lowest BCUT2D eigenvalue weighted by Gasteiger charge is -2.26. The number of likely N-dealkylation sites (N-methyl/N-ethyl adjacent to an activating group) is 1. The van der Waals surface area contributed by atoms with Gasteiger partial charge in [-0.2, -0.15) is 4.31 Å². The summed E-state index contributed by atoms with van der Waals surface area (Å²) in [6.07, 6.45) is 2.58. The first kappa shape index (κ1) is 21.3. The SMILES string of the molecule is C=CCNC(=O)c1ccccc1NC(=O)[C@@H](c1ccccc1)N(C)S(C)(=O)=O. The predicted molar refractivity (Wildman–Crippen MR) is 109 cm³/mol. The van der Waals surface area contributed by atoms with Crippen LogP contribution >= 0.6 is 0 Å². The number of hydrogen-bond donors (Lipinski definition) is 2. The van der Waals surface area contributed by atoms with Crippen LogP contribution in [0.4, 0.5) is 5.69 Å². The highest BCUT2D eigenvalue weighted by Gasteiger charge is 2.31. The standard InChI is InChI=1S/C20H23N3O4S/c1-4-14-21-19(24)16-12-8-9-13-17(16)22-20(25)18(23(2)28(3,26)27)15-10-6-5-7-11-15/h4-13,18H,1,14H2,2-3H3,(H,21,24)(H,22,25)/t18-/m1/s1. The van der Waals surface area contributed by atoms with E-state index >= 15 is 0 Å². The predicted octanol–water partition coefficient (Wildman–Crippen LogP) is 2.17. The summed E-state index contributed by atoms with van der Waals surface area (Å²) in [5.74, 6) is -0.938. The van der Waals surface area contributed by atoms with Crippen molar-refractivity contribution in [2.75, 3.05) is 25.2 Å². The maximum Gasteiger partial charge on any atom is 0.253 e. The van der Waals surface area contributed by atoms with Gasteiger partial charge in [-0.3, -0.25) is 9.59 Å². The molecule has 28 heavy (non-hydrogen) atoms. The zero-order valence-electron chi connectivity index (χ0n) is 15.8. The summed E-state index contributed by atoms with van der Waals surface area (Å²) in [7, 11) is -2.30. The lowest BCUT2D eigenvalue weighted by Crippen LogP contribution is -2.38. The largest absolute Gasteiger partial charge is 0.349 e. The molecule has 0 radical (unpaired) electrons. The molecule has 2 N–H and O–H groups in total. The molecule has 0 saturated heterocycles. The number of carbonyl (C=O) groups excluding carboxylic acids is 2. The molecule has 0 aliphatic carbocycles. The van der Waals surface area contributed by atoms with E-state index in [1.807, 2.05) is 0 Å². The second-order valence-corrected chi connectivity index (χ2v) is 8.17. The van der Waals surface area contributed by atoms with Gasteiger partial charge in [0.1, 0.15) is 6.04 Å². The third-order valence-electron chi connectivity index (χ3n) is 4.09. The van der Waals surface area contributed by atoms with Gasteiger partial charge in [0.2, 0.25) is 15.9 Å². The molecule has 2 aromatic rings. The highest BCUT2D eigenvalue weighted by molar-refractivity contribution is 7.88. The molecule has 0 aromatic heterocycles. The van der Waals surface area contributed by atoms with Crippen LogP contribution in [0, 0.1) is 0 Å². The summed E-state index contributed by atoms with van der Waals surface area (Å²) < 4.78 is 25.1. The molecule has 0 bridgehead atoms. The number of sulfonamides is 1. The Kier molecular flexibility index (Phi) is 7.08. The van der Waals surface area contributed by atoms with Gasteiger partial charge in [0, 0.05) is 13.6 Å². The summed E-state index contributed by atoms with van der Waals surface area (Å²) in [4.78, 5) is 25.3. The summed E-state index contributed by atoms with van der Waals surface area (Å²) in [5, 5.41) is 5.34. The molecule has 0 aliphatic rings. The number of anilines is 1. The van der Waals surface area contributed by atoms with E-state index in [0.29, 0.717) is 5.56 Å². The van der Waals surface area contributed by atoms with Gasteiger partial charge in [-0.15, -0.1) is 6.58 Å². The Morgan fingerprint density at radius 3 is 2.32 bits per heavy atom. The number of nitrogens with zero attached hydrogens (tertiary/aromatic N) is 1. The van der Waals surface area contributed by atoms with Gasteiger partial charge in [0.25, 0.3) is 5.91 Å². The number of para-hydroxylation sites is 1. The van der Waals surface area contributed by atoms with Crippen molar-refractivity contribution in [3.8, 4) is 0 Å². The molecule has 0 unspecified atom stereocenters. The van der Waals surface area contributed by atoms with E-state index in [1.54, 1.807) is 60.7 Å². The van der Waals surface area contributed by atoms with Gasteiger partial charge < -0.3 is 10.6 Å². The smallest absolute Gasteiger partial charge is 0.253 e. The molecule has 2 amide bonds. The van der Waals surface area contributed by atoms with Crippen LogP contribution in [0.25, 0.3) is 0 Å². The molecule has 0 saturated carbocycles. The quantitative estimate of drug-likeness (QED) is 0.663. The molecule has 8 heteroatoms. The van der Waals surface area contributed by atoms with Gasteiger partial charge in [0.05, 0.1) is 17.5 Å². The van der Waals surface area contributed by atoms with E-state index in [1.165, 1.54) is 7.05 Å². The number of hydrogen-bond acceptors (Lipinski definition) is 4. The van der Waals surface area contributed by atoms with Crippen LogP contribution in [0.3, 0.4) is 0 Å². The van der Waals surface area contributed by atoms with Gasteiger partial charge in [-0.1, -0.05) is 48.5 Å². The van der Waals surface area contributed by atoms with E-state index in [9.17, 15) is 18.0 Å². The van der Waals surface area contributed by atoms with Crippen LogP contribution in [0.1, 0.15) is 22.0 Å². The van der Waals surface area contributed by atoms with Crippen LogP contribution < -0.4 is 10.6 Å². The molecule has 2 rings (SSSR count). The summed E-state index contributed by atoms with van der Waals surface area (Å²) in [5.41, 5.74) is 1.07. The first-order valence-electron chi connectivity index (χ1n) is 8.52. The van der Waals surface area contributed by atoms with Gasteiger partial charge in [-0.05, 0) is 17.7 Å². The summed E-state index contributed by atoms with van der Waals surface area (Å²) in [6.45, 7) is 3.83. The summed E-state index contributed by atoms with van der Waals surface area (Å²) >= 11 is 0. The van der Waals surface area contributed by atoms with E-state index in [4.69, 9.17) is 0 Å². The Balaban J connectivity index is 2.37. The molecular weight excluding hydrogens is 378 g/mol. The highest BCUT2D eigenvalue weighted by atomic mass is 32.2. The Morgan fingerprint density at radius 1 is 1.11 bits per heavy atom. The average molecular weight is 401 g/mol. The normalized spacial score (nSPS) is 12.2. The average Bonchev–Trinajstić information content (AvgIpc) is 2.66. The zero-order chi connectivity index (χ0) is 20.7. The zero-order valence-corrected chi connectivity index (χ0v) is 16.6. The summed E-state index contributed by atoms with van der Waals surface area (Å²) in [6, 6.07) is 14.0. The molecule has 1 atom stereocenters. The number of amides is 2. The van der Waals surface area contributed by atoms with Crippen molar-refractivity contribution in [3.63, 3.8) is 0 Å². The van der Waals surface area contributed by atoms with Crippen molar-refractivity contribution in [2.24, 2.45) is 0 Å². The third kappa shape index (κ3) is 5.28. The number of rotatable bonds is 8. The minimum atomic E-state index is -3.64. The van der Waals surface area contributed by atoms with Crippen molar-refractivity contribution < 1.29 is 18.0 Å². The number of benzene rings is 2. The Bertz CT molecular complexity index is 958. The van der Waals surface area contributed by atoms with Crippen LogP contribution in [0.2, 0.25) is 0 Å². The second-order valence-electron chi connectivity index (χ2n) is 6.13. The molecule has 0 heterocycles. The molecule has 148 valence electrons. The molecule has 0 aliphatic heterocycles. The first-order chi connectivity index (χ1) is 13.3. The minimum absolute atomic E-state index is 0.270. The fourth-order valence-electron chi connectivity index (χ4n) is 2.60. The molecule has 0 spiro atoms. The maximum atomic E-state index is 13.0. The Hall–Kier alpha value is -2.97. The van der Waals surface area contributed by atoms with E-state index in [0.717, 1.165) is 10.6 Å². The lowest BCUT2D eigenvalue weighted by molar-refractivity contribution is -0.119. The van der Waals surface area contributed by atoms with Gasteiger partial charge in [-0.25, -0.2) is 8.42 Å². The van der Waals surface area contributed by atoms with E-state index in [2.05, 4.69) is 17.2 Å². The van der Waals surface area contributed by atoms with Gasteiger partial charge >= 0.3 is 0 Å². The minimum Gasteiger partial charge on any atom is -0.349 e. The van der Waals surface area contributed by atoms with E-state index < -0.39 is 22.0 Å². The molecule has 2 aromatic carbocycles. The topological polar surface area (TPSA) is 95.6 Å². The first-order valence-corrected chi connectivity index (χ1v) is 10.4. The number of nitrogens with one attached hydrogen (secondary N) is 2. The maximum absolute atomic E-state index is 13.0. The van der Waals surface area contributed by atoms with Crippen molar-refractivity contribution in [2.45, 2.75) is 6.04 Å². The van der Waals surface area contributed by atoms with Crippen LogP contribution in [-0.4, -0.2) is 44.4 Å². The molecule has 0 fully saturated rings. The van der Waals surface area contributed by atoms with Crippen molar-refractivity contribution >= 4 is 27.5 Å². The lowest BCUT2D eigenvalue weighted by atomic mass is 10.1. The second kappa shape index (κ2) is 9.29. The van der Waals surface area contributed by atoms with Gasteiger partial charge in [0.15, 0.2) is 0 Å². The third-order valence-corrected chi connectivity index (χ3v) is 5.34. The molecular formula is C20H23N3O4S. The number of carbonyl (C=O) groups is 2. The van der Waals surface area contributed by atoms with Crippen LogP contribution in [0.5, 0.6) is 0 Å². The van der Waals surface area contributed by atoms with Crippen molar-refractivity contribution in [1.29, 1.82) is 0 Å². The van der Waals surface area contributed by atoms with Crippen molar-refractivity contribution in [1.82, 2.24) is 9.62 Å². The highest BCUT2D eigenvalue weighted by Crippen LogP contribution is 2.25. The fourth-order valence-corrected chi connectivity index (χ4v) is 3.20. The van der Waals surface area contributed by atoms with Crippen LogP contribution in [-0.2, 0) is 14.8 Å². The van der Waals surface area contributed by atoms with Crippen molar-refractivity contribution in [3.05, 3.63) is 78.4 Å². The Morgan fingerprint density at radius 2 is 1.71 bits per heavy atom. The van der Waals surface area contributed by atoms with Crippen LogP contribution in [0.15, 0.2) is 67.3 Å². The monoisotopic (exact) mass is 401 g/mol. The Labute approximate surface area is 165 Å².